The maximum Gasteiger partial charge on any atom is 0.415 e. The van der Waals surface area contributed by atoms with Crippen LogP contribution in [0.1, 0.15) is 64.5 Å². The first-order valence-corrected chi connectivity index (χ1v) is 9.87. The van der Waals surface area contributed by atoms with Crippen LogP contribution < -0.4 is 4.90 Å². The summed E-state index contributed by atoms with van der Waals surface area (Å²) in [5.74, 6) is 0. The first kappa shape index (κ1) is 20.9. The third-order valence-corrected chi connectivity index (χ3v) is 4.24. The van der Waals surface area contributed by atoms with Crippen LogP contribution >= 0.6 is 0 Å². The molecule has 2 rings (SSSR count). The molecule has 0 aliphatic carbocycles. The van der Waals surface area contributed by atoms with Crippen LogP contribution in [-0.2, 0) is 17.7 Å². The summed E-state index contributed by atoms with van der Waals surface area (Å²) in [7, 11) is 0. The molecule has 0 fully saturated rings. The number of pyridine rings is 1. The molecule has 0 aliphatic rings. The van der Waals surface area contributed by atoms with Crippen LogP contribution in [0.3, 0.4) is 0 Å². The minimum Gasteiger partial charge on any atom is -0.443 e. The van der Waals surface area contributed by atoms with Gasteiger partial charge in [-0.1, -0.05) is 44.4 Å². The van der Waals surface area contributed by atoms with Gasteiger partial charge in [0, 0.05) is 18.1 Å². The fourth-order valence-corrected chi connectivity index (χ4v) is 2.85. The number of ether oxygens (including phenoxy) is 1. The first-order valence-electron chi connectivity index (χ1n) is 9.87. The highest BCUT2D eigenvalue weighted by Crippen LogP contribution is 2.22. The monoisotopic (exact) mass is 368 g/mol. The second kappa shape index (κ2) is 10.1. The Morgan fingerprint density at radius 3 is 2.37 bits per heavy atom. The van der Waals surface area contributed by atoms with Crippen molar-refractivity contribution in [1.82, 2.24) is 4.98 Å². The number of unbranched alkanes of at least 4 members (excludes halogenated alkanes) is 3. The Kier molecular flexibility index (Phi) is 7.83. The van der Waals surface area contributed by atoms with Gasteiger partial charge in [-0.3, -0.25) is 9.88 Å². The van der Waals surface area contributed by atoms with E-state index >= 15 is 0 Å². The Hall–Kier alpha value is -2.36. The topological polar surface area (TPSA) is 42.4 Å². The number of rotatable bonds is 8. The maximum atomic E-state index is 12.8. The fraction of sp³-hybridized carbons (Fsp3) is 0.478. The Bertz CT molecular complexity index is 691. The predicted octanol–water partition coefficient (Wildman–Crippen LogP) is 6.15. The van der Waals surface area contributed by atoms with Crippen LogP contribution in [0, 0.1) is 0 Å². The molecule has 146 valence electrons. The number of carbonyl (C=O) groups is 1. The molecule has 0 radical (unpaired) electrons. The van der Waals surface area contributed by atoms with E-state index in [0.29, 0.717) is 6.54 Å². The van der Waals surface area contributed by atoms with E-state index in [1.54, 1.807) is 17.3 Å². The number of hydrogen-bond donors (Lipinski definition) is 0. The van der Waals surface area contributed by atoms with Gasteiger partial charge in [0.2, 0.25) is 0 Å². The molecule has 0 atom stereocenters. The second-order valence-corrected chi connectivity index (χ2v) is 7.90. The van der Waals surface area contributed by atoms with Crippen LogP contribution in [-0.4, -0.2) is 16.7 Å². The third kappa shape index (κ3) is 7.41. The lowest BCUT2D eigenvalue weighted by Crippen LogP contribution is -2.36. The number of anilines is 1. The van der Waals surface area contributed by atoms with Crippen molar-refractivity contribution in [1.29, 1.82) is 0 Å². The van der Waals surface area contributed by atoms with E-state index in [4.69, 9.17) is 4.74 Å². The molecular weight excluding hydrogens is 336 g/mol. The SMILES string of the molecule is CCCCCCc1ccc(N(Cc2cccnc2)C(=O)OC(C)(C)C)cc1. The Labute approximate surface area is 163 Å². The van der Waals surface area contributed by atoms with E-state index in [2.05, 4.69) is 24.0 Å². The molecule has 0 bridgehead atoms. The van der Waals surface area contributed by atoms with E-state index in [-0.39, 0.29) is 6.09 Å². The number of aromatic nitrogens is 1. The first-order chi connectivity index (χ1) is 12.9. The average Bonchev–Trinajstić information content (AvgIpc) is 2.63. The molecule has 0 saturated heterocycles. The summed E-state index contributed by atoms with van der Waals surface area (Å²) in [5, 5.41) is 0. The lowest BCUT2D eigenvalue weighted by atomic mass is 10.1. The quantitative estimate of drug-likeness (QED) is 0.525. The van der Waals surface area contributed by atoms with Crippen LogP contribution in [0.15, 0.2) is 48.8 Å². The van der Waals surface area contributed by atoms with Gasteiger partial charge in [-0.15, -0.1) is 0 Å². The minimum absolute atomic E-state index is 0.345. The second-order valence-electron chi connectivity index (χ2n) is 7.90. The largest absolute Gasteiger partial charge is 0.443 e. The van der Waals surface area contributed by atoms with Gasteiger partial charge >= 0.3 is 6.09 Å². The van der Waals surface area contributed by atoms with Crippen molar-refractivity contribution in [2.75, 3.05) is 4.90 Å². The zero-order valence-electron chi connectivity index (χ0n) is 17.1. The molecule has 1 heterocycles. The van der Waals surface area contributed by atoms with Crippen LogP contribution in [0.4, 0.5) is 10.5 Å². The zero-order chi connectivity index (χ0) is 19.7. The van der Waals surface area contributed by atoms with Crippen molar-refractivity contribution in [3.63, 3.8) is 0 Å². The molecule has 1 aromatic heterocycles. The van der Waals surface area contributed by atoms with Crippen molar-refractivity contribution in [2.24, 2.45) is 0 Å². The van der Waals surface area contributed by atoms with Crippen molar-refractivity contribution >= 4 is 11.8 Å². The van der Waals surface area contributed by atoms with E-state index in [1.165, 1.54) is 31.2 Å². The van der Waals surface area contributed by atoms with Gasteiger partial charge in [0.25, 0.3) is 0 Å². The van der Waals surface area contributed by atoms with Crippen molar-refractivity contribution in [3.05, 3.63) is 59.9 Å². The summed E-state index contributed by atoms with van der Waals surface area (Å²) >= 11 is 0. The summed E-state index contributed by atoms with van der Waals surface area (Å²) < 4.78 is 5.62. The molecule has 2 aromatic rings. The van der Waals surface area contributed by atoms with Gasteiger partial charge < -0.3 is 4.74 Å². The number of amides is 1. The fourth-order valence-electron chi connectivity index (χ4n) is 2.85. The Morgan fingerprint density at radius 2 is 1.78 bits per heavy atom. The summed E-state index contributed by atoms with van der Waals surface area (Å²) in [6, 6.07) is 12.1. The van der Waals surface area contributed by atoms with Crippen molar-refractivity contribution in [2.45, 2.75) is 71.9 Å². The third-order valence-electron chi connectivity index (χ3n) is 4.24. The normalized spacial score (nSPS) is 11.3. The summed E-state index contributed by atoms with van der Waals surface area (Å²) in [6.45, 7) is 8.30. The number of benzene rings is 1. The molecule has 0 aliphatic heterocycles. The summed E-state index contributed by atoms with van der Waals surface area (Å²) in [5.41, 5.74) is 2.57. The number of aryl methyl sites for hydroxylation is 1. The maximum absolute atomic E-state index is 12.8. The van der Waals surface area contributed by atoms with E-state index in [0.717, 1.165) is 17.7 Å². The standard InChI is InChI=1S/C23H32N2O2/c1-5-6-7-8-10-19-12-14-21(15-13-19)25(22(26)27-23(2,3)4)18-20-11-9-16-24-17-20/h9,11-17H,5-8,10,18H2,1-4H3. The van der Waals surface area contributed by atoms with Gasteiger partial charge in [0.1, 0.15) is 5.60 Å². The van der Waals surface area contributed by atoms with Crippen LogP contribution in [0.5, 0.6) is 0 Å². The van der Waals surface area contributed by atoms with E-state index < -0.39 is 5.60 Å². The highest BCUT2D eigenvalue weighted by Gasteiger charge is 2.23. The number of carbonyl (C=O) groups excluding carboxylic acids is 1. The van der Waals surface area contributed by atoms with Gasteiger partial charge in [-0.2, -0.15) is 0 Å². The molecule has 0 saturated carbocycles. The molecule has 1 amide bonds. The molecular formula is C23H32N2O2. The zero-order valence-corrected chi connectivity index (χ0v) is 17.1. The molecule has 4 nitrogen and oxygen atoms in total. The summed E-state index contributed by atoms with van der Waals surface area (Å²) in [4.78, 5) is 18.6. The van der Waals surface area contributed by atoms with E-state index in [1.807, 2.05) is 45.0 Å². The number of hydrogen-bond acceptors (Lipinski definition) is 3. The lowest BCUT2D eigenvalue weighted by molar-refractivity contribution is 0.0577. The highest BCUT2D eigenvalue weighted by molar-refractivity contribution is 5.87. The molecule has 27 heavy (non-hydrogen) atoms. The highest BCUT2D eigenvalue weighted by atomic mass is 16.6. The smallest absolute Gasteiger partial charge is 0.415 e. The van der Waals surface area contributed by atoms with E-state index in [9.17, 15) is 4.79 Å². The van der Waals surface area contributed by atoms with Gasteiger partial charge in [0.15, 0.2) is 0 Å². The lowest BCUT2D eigenvalue weighted by Gasteiger charge is -2.27. The molecule has 0 spiro atoms. The van der Waals surface area contributed by atoms with Gasteiger partial charge in [0.05, 0.1) is 6.54 Å². The van der Waals surface area contributed by atoms with Crippen LogP contribution in [0.25, 0.3) is 0 Å². The van der Waals surface area contributed by atoms with Gasteiger partial charge in [-0.25, -0.2) is 4.79 Å². The average molecular weight is 369 g/mol. The predicted molar refractivity (Wildman–Crippen MR) is 111 cm³/mol. The Balaban J connectivity index is 2.13. The Morgan fingerprint density at radius 1 is 1.04 bits per heavy atom. The minimum atomic E-state index is -0.538. The summed E-state index contributed by atoms with van der Waals surface area (Å²) in [6.07, 6.45) is 9.25. The molecule has 1 aromatic carbocycles. The molecule has 0 N–H and O–H groups in total. The molecule has 0 unspecified atom stereocenters. The van der Waals surface area contributed by atoms with Crippen LogP contribution in [0.2, 0.25) is 0 Å². The molecule has 4 heteroatoms. The van der Waals surface area contributed by atoms with Gasteiger partial charge in [-0.05, 0) is 62.9 Å². The van der Waals surface area contributed by atoms with Crippen molar-refractivity contribution in [3.8, 4) is 0 Å². The number of nitrogens with zero attached hydrogens (tertiary/aromatic N) is 2. The van der Waals surface area contributed by atoms with Crippen molar-refractivity contribution < 1.29 is 9.53 Å².